The van der Waals surface area contributed by atoms with Crippen LogP contribution in [0.4, 0.5) is 0 Å². The van der Waals surface area contributed by atoms with Gasteiger partial charge in [0.1, 0.15) is 5.69 Å². The summed E-state index contributed by atoms with van der Waals surface area (Å²) >= 11 is 1.77. The lowest BCUT2D eigenvalue weighted by molar-refractivity contribution is 0.773. The van der Waals surface area contributed by atoms with Crippen molar-refractivity contribution in [2.75, 3.05) is 0 Å². The van der Waals surface area contributed by atoms with Gasteiger partial charge in [-0.15, -0.1) is 11.3 Å². The van der Waals surface area contributed by atoms with Crippen LogP contribution in [-0.2, 0) is 13.5 Å². The van der Waals surface area contributed by atoms with Crippen LogP contribution in [0.15, 0.2) is 12.3 Å². The largest absolute Gasteiger partial charge is 0.266 e. The van der Waals surface area contributed by atoms with Crippen molar-refractivity contribution in [1.29, 1.82) is 0 Å². The molecule has 74 valence electrons. The van der Waals surface area contributed by atoms with E-state index in [9.17, 15) is 0 Å². The summed E-state index contributed by atoms with van der Waals surface area (Å²) in [5, 5.41) is 5.34. The summed E-state index contributed by atoms with van der Waals surface area (Å²) in [5.74, 6) is 0. The normalized spacial score (nSPS) is 10.8. The predicted octanol–water partition coefficient (Wildman–Crippen LogP) is 2.41. The minimum absolute atomic E-state index is 1.00. The van der Waals surface area contributed by atoms with Crippen molar-refractivity contribution < 1.29 is 0 Å². The first-order valence-corrected chi connectivity index (χ1v) is 5.48. The molecular formula is C10H13N3S. The van der Waals surface area contributed by atoms with Crippen molar-refractivity contribution >= 4 is 11.3 Å². The smallest absolute Gasteiger partial charge is 0.102 e. The number of hydrogen-bond acceptors (Lipinski definition) is 3. The monoisotopic (exact) mass is 207 g/mol. The van der Waals surface area contributed by atoms with Gasteiger partial charge >= 0.3 is 0 Å². The highest BCUT2D eigenvalue weighted by Crippen LogP contribution is 2.26. The van der Waals surface area contributed by atoms with E-state index in [-0.39, 0.29) is 0 Å². The highest BCUT2D eigenvalue weighted by atomic mass is 32.1. The summed E-state index contributed by atoms with van der Waals surface area (Å²) in [4.78, 5) is 5.86. The van der Waals surface area contributed by atoms with Crippen molar-refractivity contribution in [3.8, 4) is 11.4 Å². The second kappa shape index (κ2) is 3.53. The summed E-state index contributed by atoms with van der Waals surface area (Å²) in [6.07, 6.45) is 2.81. The van der Waals surface area contributed by atoms with Gasteiger partial charge in [-0.05, 0) is 19.4 Å². The number of rotatable bonds is 2. The molecule has 0 aliphatic rings. The fourth-order valence-corrected chi connectivity index (χ4v) is 2.33. The Labute approximate surface area is 87.4 Å². The summed E-state index contributed by atoms with van der Waals surface area (Å²) in [6.45, 7) is 4.24. The number of hydrogen-bond donors (Lipinski definition) is 0. The van der Waals surface area contributed by atoms with Gasteiger partial charge in [-0.25, -0.2) is 4.98 Å². The van der Waals surface area contributed by atoms with E-state index in [2.05, 4.69) is 23.9 Å². The molecule has 2 heterocycles. The summed E-state index contributed by atoms with van der Waals surface area (Å²) in [5.41, 5.74) is 2.17. The third-order valence-corrected chi connectivity index (χ3v) is 3.32. The van der Waals surface area contributed by atoms with Crippen molar-refractivity contribution in [2.24, 2.45) is 7.05 Å². The molecule has 0 atom stereocenters. The SMILES string of the molecule is CCc1nc(-c2ccnn2C)c(C)s1. The first-order valence-electron chi connectivity index (χ1n) is 4.67. The molecule has 0 N–H and O–H groups in total. The van der Waals surface area contributed by atoms with Gasteiger partial charge in [-0.2, -0.15) is 5.10 Å². The molecule has 2 aromatic rings. The molecule has 0 saturated carbocycles. The average Bonchev–Trinajstić information content (AvgIpc) is 2.72. The standard InChI is InChI=1S/C10H13N3S/c1-4-9-12-10(7(2)14-9)8-5-6-11-13(8)3/h5-6H,4H2,1-3H3. The molecule has 0 fully saturated rings. The Balaban J connectivity index is 2.51. The predicted molar refractivity (Wildman–Crippen MR) is 58.4 cm³/mol. The quantitative estimate of drug-likeness (QED) is 0.757. The highest BCUT2D eigenvalue weighted by molar-refractivity contribution is 7.12. The van der Waals surface area contributed by atoms with Crippen LogP contribution in [0.2, 0.25) is 0 Å². The molecule has 0 aliphatic heterocycles. The van der Waals surface area contributed by atoms with E-state index < -0.39 is 0 Å². The zero-order valence-corrected chi connectivity index (χ0v) is 9.43. The van der Waals surface area contributed by atoms with Crippen molar-refractivity contribution in [3.05, 3.63) is 22.1 Å². The summed E-state index contributed by atoms with van der Waals surface area (Å²) < 4.78 is 1.86. The molecule has 4 heteroatoms. The zero-order valence-electron chi connectivity index (χ0n) is 8.61. The summed E-state index contributed by atoms with van der Waals surface area (Å²) in [6, 6.07) is 2.00. The Morgan fingerprint density at radius 1 is 1.50 bits per heavy atom. The first-order chi connectivity index (χ1) is 6.72. The fraction of sp³-hybridized carbons (Fsp3) is 0.400. The zero-order chi connectivity index (χ0) is 10.1. The molecule has 0 aliphatic carbocycles. The van der Waals surface area contributed by atoms with E-state index >= 15 is 0 Å². The van der Waals surface area contributed by atoms with Crippen molar-refractivity contribution in [1.82, 2.24) is 14.8 Å². The second-order valence-electron chi connectivity index (χ2n) is 3.21. The Morgan fingerprint density at radius 3 is 2.79 bits per heavy atom. The lowest BCUT2D eigenvalue weighted by atomic mass is 10.3. The van der Waals surface area contributed by atoms with Crippen LogP contribution in [0, 0.1) is 6.92 Å². The highest BCUT2D eigenvalue weighted by Gasteiger charge is 2.11. The number of thiazole rings is 1. The van der Waals surface area contributed by atoms with Gasteiger partial charge < -0.3 is 0 Å². The molecule has 0 spiro atoms. The van der Waals surface area contributed by atoms with E-state index in [1.54, 1.807) is 17.5 Å². The second-order valence-corrected chi connectivity index (χ2v) is 4.49. The lowest BCUT2D eigenvalue weighted by Crippen LogP contribution is -1.94. The molecule has 0 unspecified atom stereocenters. The molecular weight excluding hydrogens is 194 g/mol. The van der Waals surface area contributed by atoms with E-state index in [0.717, 1.165) is 17.8 Å². The lowest BCUT2D eigenvalue weighted by Gasteiger charge is -1.97. The van der Waals surface area contributed by atoms with E-state index in [4.69, 9.17) is 0 Å². The van der Waals surface area contributed by atoms with Crippen molar-refractivity contribution in [3.63, 3.8) is 0 Å². The van der Waals surface area contributed by atoms with Gasteiger partial charge in [-0.3, -0.25) is 4.68 Å². The maximum absolute atomic E-state index is 4.59. The van der Waals surface area contributed by atoms with E-state index in [0.29, 0.717) is 0 Å². The van der Waals surface area contributed by atoms with Gasteiger partial charge in [0.05, 0.1) is 10.7 Å². The summed E-state index contributed by atoms with van der Waals surface area (Å²) in [7, 11) is 1.94. The molecule has 14 heavy (non-hydrogen) atoms. The molecule has 3 nitrogen and oxygen atoms in total. The minimum Gasteiger partial charge on any atom is -0.266 e. The first kappa shape index (κ1) is 9.40. The Morgan fingerprint density at radius 2 is 2.29 bits per heavy atom. The molecule has 0 saturated heterocycles. The molecule has 0 amide bonds. The van der Waals surface area contributed by atoms with Gasteiger partial charge in [0.2, 0.25) is 0 Å². The number of aryl methyl sites for hydroxylation is 3. The topological polar surface area (TPSA) is 30.7 Å². The van der Waals surface area contributed by atoms with Gasteiger partial charge in [0, 0.05) is 18.1 Å². The van der Waals surface area contributed by atoms with E-state index in [1.165, 1.54) is 9.88 Å². The Kier molecular flexibility index (Phi) is 2.37. The van der Waals surface area contributed by atoms with Crippen LogP contribution in [0.3, 0.4) is 0 Å². The van der Waals surface area contributed by atoms with Crippen LogP contribution in [0.25, 0.3) is 11.4 Å². The van der Waals surface area contributed by atoms with Crippen LogP contribution in [0.1, 0.15) is 16.8 Å². The minimum atomic E-state index is 1.00. The average molecular weight is 207 g/mol. The van der Waals surface area contributed by atoms with E-state index in [1.807, 2.05) is 17.8 Å². The van der Waals surface area contributed by atoms with Gasteiger partial charge in [-0.1, -0.05) is 6.92 Å². The fourth-order valence-electron chi connectivity index (χ4n) is 1.45. The Bertz CT molecular complexity index is 442. The number of aromatic nitrogens is 3. The van der Waals surface area contributed by atoms with Gasteiger partial charge in [0.25, 0.3) is 0 Å². The van der Waals surface area contributed by atoms with Crippen LogP contribution in [0.5, 0.6) is 0 Å². The third-order valence-electron chi connectivity index (χ3n) is 2.21. The molecule has 0 aromatic carbocycles. The molecule has 2 rings (SSSR count). The number of nitrogens with zero attached hydrogens (tertiary/aromatic N) is 3. The van der Waals surface area contributed by atoms with Crippen LogP contribution in [-0.4, -0.2) is 14.8 Å². The third kappa shape index (κ3) is 1.46. The maximum atomic E-state index is 4.59. The van der Waals surface area contributed by atoms with Crippen molar-refractivity contribution in [2.45, 2.75) is 20.3 Å². The maximum Gasteiger partial charge on any atom is 0.102 e. The van der Waals surface area contributed by atoms with Crippen LogP contribution < -0.4 is 0 Å². The molecule has 2 aromatic heterocycles. The molecule has 0 bridgehead atoms. The van der Waals surface area contributed by atoms with Gasteiger partial charge in [0.15, 0.2) is 0 Å². The Hall–Kier alpha value is -1.16. The molecule has 0 radical (unpaired) electrons. The van der Waals surface area contributed by atoms with Crippen LogP contribution >= 0.6 is 11.3 Å².